The van der Waals surface area contributed by atoms with Gasteiger partial charge < -0.3 is 15.4 Å². The second-order valence-corrected chi connectivity index (χ2v) is 7.12. The van der Waals surface area contributed by atoms with E-state index in [0.717, 1.165) is 28.6 Å². The zero-order valence-electron chi connectivity index (χ0n) is 16.3. The number of anilines is 2. The number of rotatable bonds is 8. The zero-order valence-corrected chi connectivity index (χ0v) is 17.9. The number of ether oxygens (including phenoxy) is 1. The van der Waals surface area contributed by atoms with Crippen LogP contribution in [0.25, 0.3) is 0 Å². The number of benzene rings is 2. The molecule has 7 heteroatoms. The minimum atomic E-state index is -0.623. The molecule has 0 aromatic heterocycles. The first-order valence-electron chi connectivity index (χ1n) is 9.16. The van der Waals surface area contributed by atoms with Gasteiger partial charge in [-0.1, -0.05) is 41.4 Å². The van der Waals surface area contributed by atoms with Gasteiger partial charge in [0.15, 0.2) is 0 Å². The molecule has 29 heavy (non-hydrogen) atoms. The Hall–Kier alpha value is -3.11. The van der Waals surface area contributed by atoms with Crippen LogP contribution in [0.3, 0.4) is 0 Å². The Morgan fingerprint density at radius 1 is 1.24 bits per heavy atom. The molecule has 0 spiro atoms. The second kappa shape index (κ2) is 11.0. The third-order valence-corrected chi connectivity index (χ3v) is 4.92. The van der Waals surface area contributed by atoms with Gasteiger partial charge in [-0.3, -0.25) is 4.79 Å². The molecule has 0 aliphatic heterocycles. The lowest BCUT2D eigenvalue weighted by Gasteiger charge is -2.11. The number of hydrogen-bond acceptors (Lipinski definition) is 5. The Labute approximate surface area is 178 Å². The van der Waals surface area contributed by atoms with Crippen molar-refractivity contribution in [3.05, 3.63) is 69.8 Å². The highest BCUT2D eigenvalue weighted by atomic mass is 79.9. The van der Waals surface area contributed by atoms with E-state index >= 15 is 0 Å². The SMILES string of the molecule is CCCCOC(=O)c1ccccc1NC(=O)/C(C#N)=C\Nc1ccc(Br)c(C)c1. The van der Waals surface area contributed by atoms with Gasteiger partial charge in [-0.05, 0) is 49.2 Å². The summed E-state index contributed by atoms with van der Waals surface area (Å²) in [6, 6.07) is 14.0. The smallest absolute Gasteiger partial charge is 0.340 e. The monoisotopic (exact) mass is 455 g/mol. The van der Waals surface area contributed by atoms with Crippen LogP contribution < -0.4 is 10.6 Å². The molecule has 150 valence electrons. The van der Waals surface area contributed by atoms with Crippen LogP contribution in [0.5, 0.6) is 0 Å². The molecular weight excluding hydrogens is 434 g/mol. The first-order valence-corrected chi connectivity index (χ1v) is 9.96. The number of carbonyl (C=O) groups is 2. The van der Waals surface area contributed by atoms with E-state index in [2.05, 4.69) is 26.6 Å². The van der Waals surface area contributed by atoms with Crippen LogP contribution in [-0.4, -0.2) is 18.5 Å². The number of carbonyl (C=O) groups excluding carboxylic acids is 2. The molecule has 2 aromatic carbocycles. The van der Waals surface area contributed by atoms with E-state index in [1.54, 1.807) is 24.3 Å². The molecule has 0 heterocycles. The van der Waals surface area contributed by atoms with Gasteiger partial charge in [-0.25, -0.2) is 4.79 Å². The van der Waals surface area contributed by atoms with Gasteiger partial charge in [0.2, 0.25) is 0 Å². The lowest BCUT2D eigenvalue weighted by atomic mass is 10.1. The standard InChI is InChI=1S/C22H22BrN3O3/c1-3-4-11-29-22(28)18-7-5-6-8-20(18)26-21(27)16(13-24)14-25-17-9-10-19(23)15(2)12-17/h5-10,12,14,25H,3-4,11H2,1-2H3,(H,26,27)/b16-14-. The Morgan fingerprint density at radius 3 is 2.69 bits per heavy atom. The third kappa shape index (κ3) is 6.47. The largest absolute Gasteiger partial charge is 0.462 e. The maximum atomic E-state index is 12.5. The molecule has 0 saturated heterocycles. The van der Waals surface area contributed by atoms with Crippen molar-refractivity contribution in [1.82, 2.24) is 0 Å². The molecule has 0 aliphatic carbocycles. The van der Waals surface area contributed by atoms with Gasteiger partial charge in [-0.2, -0.15) is 5.26 Å². The number of amides is 1. The van der Waals surface area contributed by atoms with Crippen LogP contribution >= 0.6 is 15.9 Å². The molecule has 2 aromatic rings. The molecule has 0 aliphatic rings. The number of esters is 1. The van der Waals surface area contributed by atoms with Crippen molar-refractivity contribution in [3.8, 4) is 6.07 Å². The molecule has 1 amide bonds. The van der Waals surface area contributed by atoms with Crippen molar-refractivity contribution in [1.29, 1.82) is 5.26 Å². The summed E-state index contributed by atoms with van der Waals surface area (Å²) in [6.45, 7) is 4.26. The highest BCUT2D eigenvalue weighted by Gasteiger charge is 2.16. The van der Waals surface area contributed by atoms with Crippen LogP contribution in [0.2, 0.25) is 0 Å². The summed E-state index contributed by atoms with van der Waals surface area (Å²) in [7, 11) is 0. The molecule has 2 N–H and O–H groups in total. The molecule has 0 radical (unpaired) electrons. The lowest BCUT2D eigenvalue weighted by molar-refractivity contribution is -0.112. The fraction of sp³-hybridized carbons (Fsp3) is 0.227. The maximum absolute atomic E-state index is 12.5. The molecule has 0 unspecified atom stereocenters. The van der Waals surface area contributed by atoms with E-state index in [1.165, 1.54) is 6.20 Å². The molecule has 0 bridgehead atoms. The van der Waals surface area contributed by atoms with Gasteiger partial charge in [0.05, 0.1) is 17.9 Å². The van der Waals surface area contributed by atoms with Crippen molar-refractivity contribution in [2.75, 3.05) is 17.2 Å². The number of unbranched alkanes of at least 4 members (excludes halogenated alkanes) is 1. The van der Waals surface area contributed by atoms with Gasteiger partial charge in [0.1, 0.15) is 11.6 Å². The van der Waals surface area contributed by atoms with Crippen LogP contribution in [0.4, 0.5) is 11.4 Å². The van der Waals surface area contributed by atoms with E-state index in [0.29, 0.717) is 12.3 Å². The number of halogens is 1. The number of hydrogen-bond donors (Lipinski definition) is 2. The normalized spacial score (nSPS) is 10.8. The molecule has 0 saturated carbocycles. The third-order valence-electron chi connectivity index (χ3n) is 4.03. The van der Waals surface area contributed by atoms with Crippen LogP contribution in [0.1, 0.15) is 35.7 Å². The minimum Gasteiger partial charge on any atom is -0.462 e. The van der Waals surface area contributed by atoms with Crippen molar-refractivity contribution in [3.63, 3.8) is 0 Å². The fourth-order valence-electron chi connectivity index (χ4n) is 2.39. The Kier molecular flexibility index (Phi) is 8.44. The summed E-state index contributed by atoms with van der Waals surface area (Å²) in [6.07, 6.45) is 3.01. The van der Waals surface area contributed by atoms with Gasteiger partial charge in [0, 0.05) is 16.4 Å². The minimum absolute atomic E-state index is 0.125. The fourth-order valence-corrected chi connectivity index (χ4v) is 2.63. The van der Waals surface area contributed by atoms with Crippen LogP contribution in [-0.2, 0) is 9.53 Å². The van der Waals surface area contributed by atoms with E-state index in [9.17, 15) is 14.9 Å². The molecule has 2 rings (SSSR count). The quantitative estimate of drug-likeness (QED) is 0.248. The Morgan fingerprint density at radius 2 is 2.00 bits per heavy atom. The molecule has 6 nitrogen and oxygen atoms in total. The predicted octanol–water partition coefficient (Wildman–Crippen LogP) is 5.17. The van der Waals surface area contributed by atoms with Crippen molar-refractivity contribution in [2.24, 2.45) is 0 Å². The first-order chi connectivity index (χ1) is 14.0. The summed E-state index contributed by atoms with van der Waals surface area (Å²) < 4.78 is 6.18. The number of nitrogens with one attached hydrogen (secondary N) is 2. The van der Waals surface area contributed by atoms with E-state index < -0.39 is 11.9 Å². The predicted molar refractivity (Wildman–Crippen MR) is 116 cm³/mol. The van der Waals surface area contributed by atoms with E-state index in [4.69, 9.17) is 4.74 Å². The summed E-state index contributed by atoms with van der Waals surface area (Å²) in [5.74, 6) is -1.14. The van der Waals surface area contributed by atoms with Crippen molar-refractivity contribution in [2.45, 2.75) is 26.7 Å². The zero-order chi connectivity index (χ0) is 21.2. The molecular formula is C22H22BrN3O3. The summed E-state index contributed by atoms with van der Waals surface area (Å²) >= 11 is 3.42. The number of nitrogens with zero attached hydrogens (tertiary/aromatic N) is 1. The molecule has 0 fully saturated rings. The highest BCUT2D eigenvalue weighted by Crippen LogP contribution is 2.21. The van der Waals surface area contributed by atoms with Crippen LogP contribution in [0, 0.1) is 18.3 Å². The second-order valence-electron chi connectivity index (χ2n) is 6.27. The summed E-state index contributed by atoms with van der Waals surface area (Å²) in [4.78, 5) is 24.8. The average molecular weight is 456 g/mol. The molecule has 0 atom stereocenters. The Bertz CT molecular complexity index is 964. The van der Waals surface area contributed by atoms with Crippen LogP contribution in [0.15, 0.2) is 58.7 Å². The van der Waals surface area contributed by atoms with E-state index in [1.807, 2.05) is 38.1 Å². The summed E-state index contributed by atoms with van der Waals surface area (Å²) in [5.41, 5.74) is 2.16. The van der Waals surface area contributed by atoms with Gasteiger partial charge in [0.25, 0.3) is 5.91 Å². The van der Waals surface area contributed by atoms with Crippen molar-refractivity contribution >= 4 is 39.2 Å². The highest BCUT2D eigenvalue weighted by molar-refractivity contribution is 9.10. The first kappa shape index (κ1) is 22.2. The number of aryl methyl sites for hydroxylation is 1. The maximum Gasteiger partial charge on any atom is 0.340 e. The Balaban J connectivity index is 2.12. The average Bonchev–Trinajstić information content (AvgIpc) is 2.71. The van der Waals surface area contributed by atoms with Gasteiger partial charge in [-0.15, -0.1) is 0 Å². The summed E-state index contributed by atoms with van der Waals surface area (Å²) in [5, 5.41) is 14.9. The van der Waals surface area contributed by atoms with E-state index in [-0.39, 0.29) is 11.1 Å². The topological polar surface area (TPSA) is 91.2 Å². The number of para-hydroxylation sites is 1. The lowest BCUT2D eigenvalue weighted by Crippen LogP contribution is -2.18. The number of nitriles is 1. The van der Waals surface area contributed by atoms with Crippen molar-refractivity contribution < 1.29 is 14.3 Å². The van der Waals surface area contributed by atoms with Gasteiger partial charge >= 0.3 is 5.97 Å².